The fourth-order valence-corrected chi connectivity index (χ4v) is 8.14. The molecular weight excluding hydrogens is 815 g/mol. The number of pyridine rings is 1. The van der Waals surface area contributed by atoms with Gasteiger partial charge in [-0.3, -0.25) is 4.68 Å². The molecule has 0 saturated heterocycles. The zero-order valence-corrected chi connectivity index (χ0v) is 36.0. The van der Waals surface area contributed by atoms with Crippen LogP contribution >= 0.6 is 0 Å². The van der Waals surface area contributed by atoms with Crippen LogP contribution in [0.4, 0.5) is 0 Å². The maximum absolute atomic E-state index is 6.64. The van der Waals surface area contributed by atoms with Crippen LogP contribution in [0.15, 0.2) is 152 Å². The first-order valence-corrected chi connectivity index (χ1v) is 19.9. The van der Waals surface area contributed by atoms with Crippen LogP contribution in [0.1, 0.15) is 58.5 Å². The van der Waals surface area contributed by atoms with Gasteiger partial charge in [0.25, 0.3) is 0 Å². The second-order valence-electron chi connectivity index (χ2n) is 17.1. The summed E-state index contributed by atoms with van der Waals surface area (Å²) >= 11 is 0. The minimum Gasteiger partial charge on any atom is -0.509 e. The van der Waals surface area contributed by atoms with Crippen molar-refractivity contribution in [2.24, 2.45) is 0 Å². The second-order valence-corrected chi connectivity index (χ2v) is 17.1. The molecule has 0 aliphatic rings. The molecule has 0 bridgehead atoms. The van der Waals surface area contributed by atoms with Gasteiger partial charge in [-0.1, -0.05) is 144 Å². The van der Waals surface area contributed by atoms with E-state index in [2.05, 4.69) is 191 Å². The number of aromatic nitrogens is 4. The third-order valence-electron chi connectivity index (χ3n) is 10.7. The normalized spacial score (nSPS) is 11.8. The van der Waals surface area contributed by atoms with Crippen LogP contribution in [0.25, 0.3) is 66.7 Å². The van der Waals surface area contributed by atoms with Crippen molar-refractivity contribution in [1.82, 2.24) is 19.3 Å². The van der Waals surface area contributed by atoms with Crippen LogP contribution in [0.2, 0.25) is 0 Å². The molecule has 9 rings (SSSR count). The molecule has 3 heterocycles. The van der Waals surface area contributed by atoms with Gasteiger partial charge in [-0.15, -0.1) is 35.7 Å². The first-order chi connectivity index (χ1) is 28.0. The summed E-state index contributed by atoms with van der Waals surface area (Å²) in [5, 5.41) is 7.77. The minimum atomic E-state index is -0.315. The van der Waals surface area contributed by atoms with Crippen LogP contribution in [0, 0.1) is 19.1 Å². The van der Waals surface area contributed by atoms with Crippen LogP contribution in [-0.2, 0) is 31.3 Å². The number of hydrogen-bond acceptors (Lipinski definition) is 3. The largest absolute Gasteiger partial charge is 2.00 e. The fourth-order valence-electron chi connectivity index (χ4n) is 8.14. The number of para-hydroxylation sites is 1. The van der Waals surface area contributed by atoms with E-state index in [0.717, 1.165) is 67.0 Å². The Morgan fingerprint density at radius 2 is 1.20 bits per heavy atom. The Balaban J connectivity index is 0.00000484. The molecule has 294 valence electrons. The van der Waals surface area contributed by atoms with Crippen molar-refractivity contribution in [3.63, 3.8) is 0 Å². The first-order valence-electron chi connectivity index (χ1n) is 19.9. The van der Waals surface area contributed by atoms with Gasteiger partial charge in [-0.25, -0.2) is 4.98 Å². The van der Waals surface area contributed by atoms with Gasteiger partial charge in [-0.2, -0.15) is 17.2 Å². The average Bonchev–Trinajstić information content (AvgIpc) is 3.79. The second kappa shape index (κ2) is 15.6. The molecular formula is C53H46N4OPd. The predicted octanol–water partition coefficient (Wildman–Crippen LogP) is 13.7. The maximum atomic E-state index is 6.64. The molecule has 0 spiro atoms. The minimum absolute atomic E-state index is 0. The van der Waals surface area contributed by atoms with E-state index >= 15 is 0 Å². The average molecular weight is 861 g/mol. The molecule has 3 aromatic heterocycles. The van der Waals surface area contributed by atoms with Gasteiger partial charge in [0.05, 0.1) is 11.4 Å². The topological polar surface area (TPSA) is 44.9 Å². The predicted molar refractivity (Wildman–Crippen MR) is 238 cm³/mol. The Morgan fingerprint density at radius 1 is 0.576 bits per heavy atom. The molecule has 0 saturated carbocycles. The number of benzene rings is 6. The van der Waals surface area contributed by atoms with E-state index in [4.69, 9.17) is 14.8 Å². The van der Waals surface area contributed by atoms with E-state index in [9.17, 15) is 0 Å². The molecule has 0 amide bonds. The van der Waals surface area contributed by atoms with Gasteiger partial charge in [0.15, 0.2) is 0 Å². The zero-order chi connectivity index (χ0) is 40.2. The number of ether oxygens (including phenoxy) is 1. The van der Waals surface area contributed by atoms with Crippen molar-refractivity contribution in [3.8, 4) is 56.4 Å². The van der Waals surface area contributed by atoms with E-state index in [-0.39, 0.29) is 31.3 Å². The van der Waals surface area contributed by atoms with Crippen molar-refractivity contribution in [3.05, 3.63) is 181 Å². The van der Waals surface area contributed by atoms with Gasteiger partial charge in [0.2, 0.25) is 0 Å². The molecule has 0 atom stereocenters. The molecule has 0 unspecified atom stereocenters. The molecule has 0 aliphatic carbocycles. The van der Waals surface area contributed by atoms with E-state index in [1.54, 1.807) is 0 Å². The van der Waals surface area contributed by atoms with Crippen molar-refractivity contribution in [1.29, 1.82) is 0 Å². The smallest absolute Gasteiger partial charge is 0.509 e. The van der Waals surface area contributed by atoms with Gasteiger partial charge in [0.1, 0.15) is 5.82 Å². The summed E-state index contributed by atoms with van der Waals surface area (Å²) in [6.07, 6.45) is 1.85. The zero-order valence-electron chi connectivity index (χ0n) is 34.4. The molecule has 0 aliphatic heterocycles. The van der Waals surface area contributed by atoms with E-state index in [0.29, 0.717) is 11.5 Å². The molecule has 9 aromatic rings. The number of hydrogen-bond donors (Lipinski definition) is 0. The number of aryl methyl sites for hydroxylation is 1. The summed E-state index contributed by atoms with van der Waals surface area (Å²) < 4.78 is 10.9. The quantitative estimate of drug-likeness (QED) is 0.118. The summed E-state index contributed by atoms with van der Waals surface area (Å²) in [6, 6.07) is 57.9. The summed E-state index contributed by atoms with van der Waals surface area (Å²) in [6.45, 7) is 15.7. The number of rotatable bonds is 7. The third-order valence-corrected chi connectivity index (χ3v) is 10.7. The van der Waals surface area contributed by atoms with E-state index in [1.807, 2.05) is 30.5 Å². The van der Waals surface area contributed by atoms with Gasteiger partial charge in [0, 0.05) is 45.2 Å². The van der Waals surface area contributed by atoms with Crippen molar-refractivity contribution in [2.45, 2.75) is 59.3 Å². The third kappa shape index (κ3) is 7.44. The SMILES string of the molecule is Cc1ccnc(-n2c3[c-]c(Oc4[c-]c(-n5nc(C(C)(C)C)c(-c6c(-c7ccccc7)cccc6-c6ccccc6)c5C(C)(C)C)ccc4)ccc3c3ccccc32)c1.[Pd+2]. The molecule has 0 radical (unpaired) electrons. The number of fused-ring (bicyclic) bond motifs is 3. The Kier molecular flexibility index (Phi) is 10.5. The first kappa shape index (κ1) is 39.8. The molecule has 6 heteroatoms. The molecule has 59 heavy (non-hydrogen) atoms. The maximum Gasteiger partial charge on any atom is 2.00 e. The van der Waals surface area contributed by atoms with Crippen molar-refractivity contribution >= 4 is 21.8 Å². The summed E-state index contributed by atoms with van der Waals surface area (Å²) in [5.74, 6) is 2.01. The van der Waals surface area contributed by atoms with Gasteiger partial charge < -0.3 is 9.30 Å². The summed E-state index contributed by atoms with van der Waals surface area (Å²) in [7, 11) is 0. The van der Waals surface area contributed by atoms with Crippen molar-refractivity contribution in [2.75, 3.05) is 0 Å². The Morgan fingerprint density at radius 3 is 1.85 bits per heavy atom. The fraction of sp³-hybridized carbons (Fsp3) is 0.170. The Hall–Kier alpha value is -6.06. The standard InChI is InChI=1S/C53H46N4O.Pd/c1-35-30-31-54-47(32-35)56-45-27-15-14-24-43(45)44-29-28-40(34-46(44)56)58-39-23-16-22-38(33-39)57-51(53(5,6)7)49(50(55-57)52(2,3)4)48-41(36-18-10-8-11-19-36)25-17-26-42(48)37-20-12-9-13-21-37;/h8-32H,1-7H3;/q-2;+2. The Bertz CT molecular complexity index is 2890. The molecule has 0 N–H and O–H groups in total. The monoisotopic (exact) mass is 860 g/mol. The molecule has 0 fully saturated rings. The number of nitrogens with zero attached hydrogens (tertiary/aromatic N) is 4. The van der Waals surface area contributed by atoms with E-state index in [1.165, 1.54) is 16.7 Å². The van der Waals surface area contributed by atoms with Crippen LogP contribution in [0.3, 0.4) is 0 Å². The van der Waals surface area contributed by atoms with Gasteiger partial charge in [-0.05, 0) is 64.0 Å². The molecule has 5 nitrogen and oxygen atoms in total. The van der Waals surface area contributed by atoms with Crippen LogP contribution in [-0.4, -0.2) is 19.3 Å². The summed E-state index contributed by atoms with van der Waals surface area (Å²) in [5.41, 5.74) is 12.4. The van der Waals surface area contributed by atoms with Gasteiger partial charge >= 0.3 is 20.4 Å². The summed E-state index contributed by atoms with van der Waals surface area (Å²) in [4.78, 5) is 4.75. The molecule has 6 aromatic carbocycles. The van der Waals surface area contributed by atoms with E-state index < -0.39 is 0 Å². The van der Waals surface area contributed by atoms with Crippen molar-refractivity contribution < 1.29 is 25.2 Å². The van der Waals surface area contributed by atoms with Crippen LogP contribution < -0.4 is 4.74 Å². The van der Waals surface area contributed by atoms with Crippen LogP contribution in [0.5, 0.6) is 11.5 Å². The Labute approximate surface area is 361 Å².